The first-order chi connectivity index (χ1) is 9.65. The Hall–Kier alpha value is -1.10. The largest absolute Gasteiger partial charge is 0.467 e. The second kappa shape index (κ2) is 7.07. The van der Waals surface area contributed by atoms with Gasteiger partial charge in [0, 0.05) is 19.6 Å². The van der Waals surface area contributed by atoms with E-state index in [1.165, 1.54) is 7.11 Å². The number of nitrogens with zero attached hydrogens (tertiary/aromatic N) is 1. The predicted molar refractivity (Wildman–Crippen MR) is 74.1 cm³/mol. The van der Waals surface area contributed by atoms with Crippen molar-refractivity contribution in [3.63, 3.8) is 0 Å². The van der Waals surface area contributed by atoms with E-state index in [0.29, 0.717) is 25.0 Å². The highest BCUT2D eigenvalue weighted by atomic mass is 16.5. The molecule has 0 aromatic heterocycles. The first-order valence-electron chi connectivity index (χ1n) is 7.64. The lowest BCUT2D eigenvalue weighted by atomic mass is 9.79. The number of carbonyl (C=O) groups excluding carboxylic acids is 2. The van der Waals surface area contributed by atoms with Crippen molar-refractivity contribution in [3.05, 3.63) is 0 Å². The molecule has 114 valence electrons. The molecule has 0 aromatic rings. The number of piperidine rings is 1. The number of rotatable bonds is 5. The highest BCUT2D eigenvalue weighted by Crippen LogP contribution is 2.33. The van der Waals surface area contributed by atoms with Gasteiger partial charge in [0.25, 0.3) is 0 Å². The zero-order chi connectivity index (χ0) is 14.5. The summed E-state index contributed by atoms with van der Waals surface area (Å²) in [7, 11) is 1.39. The Kier molecular flexibility index (Phi) is 5.40. The zero-order valence-corrected chi connectivity index (χ0v) is 12.5. The van der Waals surface area contributed by atoms with Crippen LogP contribution in [0.5, 0.6) is 0 Å². The van der Waals surface area contributed by atoms with Crippen LogP contribution in [0, 0.1) is 5.92 Å². The molecule has 2 aliphatic rings. The normalized spacial score (nSPS) is 29.7. The van der Waals surface area contributed by atoms with Gasteiger partial charge in [0.05, 0.1) is 13.2 Å². The molecule has 0 bridgehead atoms. The summed E-state index contributed by atoms with van der Waals surface area (Å²) >= 11 is 0. The summed E-state index contributed by atoms with van der Waals surface area (Å²) in [5.41, 5.74) is 0. The second-order valence-electron chi connectivity index (χ2n) is 5.74. The topological polar surface area (TPSA) is 55.8 Å². The van der Waals surface area contributed by atoms with Crippen molar-refractivity contribution >= 4 is 11.9 Å². The van der Waals surface area contributed by atoms with Gasteiger partial charge >= 0.3 is 5.97 Å². The molecule has 2 fully saturated rings. The van der Waals surface area contributed by atoms with Gasteiger partial charge in [0.2, 0.25) is 5.91 Å². The second-order valence-corrected chi connectivity index (χ2v) is 5.74. The van der Waals surface area contributed by atoms with Crippen molar-refractivity contribution in [3.8, 4) is 0 Å². The molecule has 0 radical (unpaired) electrons. The van der Waals surface area contributed by atoms with Crippen LogP contribution in [0.3, 0.4) is 0 Å². The van der Waals surface area contributed by atoms with Crippen molar-refractivity contribution in [2.24, 2.45) is 5.92 Å². The van der Waals surface area contributed by atoms with Gasteiger partial charge in [-0.1, -0.05) is 0 Å². The van der Waals surface area contributed by atoms with E-state index in [9.17, 15) is 9.59 Å². The van der Waals surface area contributed by atoms with Crippen LogP contribution in [-0.4, -0.2) is 49.2 Å². The minimum absolute atomic E-state index is 0.0973. The molecule has 1 aliphatic heterocycles. The summed E-state index contributed by atoms with van der Waals surface area (Å²) in [4.78, 5) is 25.9. The minimum atomic E-state index is -0.371. The van der Waals surface area contributed by atoms with Gasteiger partial charge in [0.1, 0.15) is 6.04 Å². The van der Waals surface area contributed by atoms with Gasteiger partial charge in [0.15, 0.2) is 0 Å². The highest BCUT2D eigenvalue weighted by molar-refractivity contribution is 5.84. The number of esters is 1. The smallest absolute Gasteiger partial charge is 0.328 e. The Morgan fingerprint density at radius 2 is 2.00 bits per heavy atom. The number of carbonyl (C=O) groups is 2. The van der Waals surface area contributed by atoms with E-state index in [0.717, 1.165) is 38.7 Å². The average Bonchev–Trinajstić information content (AvgIpc) is 2.44. The fourth-order valence-corrected chi connectivity index (χ4v) is 3.19. The van der Waals surface area contributed by atoms with Gasteiger partial charge in [-0.05, 0) is 44.9 Å². The van der Waals surface area contributed by atoms with E-state index in [1.54, 1.807) is 4.90 Å². The monoisotopic (exact) mass is 283 g/mol. The fraction of sp³-hybridized carbons (Fsp3) is 0.867. The lowest BCUT2D eigenvalue weighted by molar-refractivity contribution is -0.155. The molecule has 5 nitrogen and oxygen atoms in total. The van der Waals surface area contributed by atoms with Crippen LogP contribution in [0.1, 0.15) is 45.4 Å². The molecule has 1 atom stereocenters. The molecule has 0 aromatic carbocycles. The summed E-state index contributed by atoms with van der Waals surface area (Å²) in [5.74, 6) is 0.234. The number of likely N-dealkylation sites (tertiary alicyclic amines) is 1. The SMILES string of the molecule is CCOC1CC(CC(=O)N2CCCC[C@@H]2C(=O)OC)C1. The molecule has 1 aliphatic carbocycles. The predicted octanol–water partition coefficient (Wildman–Crippen LogP) is 1.75. The molecule has 20 heavy (non-hydrogen) atoms. The third-order valence-electron chi connectivity index (χ3n) is 4.35. The molecule has 0 spiro atoms. The molecule has 1 saturated carbocycles. The Bertz CT molecular complexity index is 352. The maximum atomic E-state index is 12.4. The lowest BCUT2D eigenvalue weighted by Crippen LogP contribution is -2.49. The molecule has 1 heterocycles. The molecule has 5 heteroatoms. The van der Waals surface area contributed by atoms with Crippen molar-refractivity contribution < 1.29 is 19.1 Å². The van der Waals surface area contributed by atoms with Gasteiger partial charge in [-0.2, -0.15) is 0 Å². The van der Waals surface area contributed by atoms with Crippen LogP contribution in [0.15, 0.2) is 0 Å². The maximum Gasteiger partial charge on any atom is 0.328 e. The van der Waals surface area contributed by atoms with Crippen molar-refractivity contribution in [1.82, 2.24) is 4.90 Å². The van der Waals surface area contributed by atoms with Crippen LogP contribution in [0.2, 0.25) is 0 Å². The summed E-state index contributed by atoms with van der Waals surface area (Å²) in [5, 5.41) is 0. The summed E-state index contributed by atoms with van der Waals surface area (Å²) in [6, 6.07) is -0.371. The van der Waals surface area contributed by atoms with Gasteiger partial charge in [-0.3, -0.25) is 4.79 Å². The number of methoxy groups -OCH3 is 1. The standard InChI is InChI=1S/C15H25NO4/c1-3-20-12-8-11(9-12)10-14(17)16-7-5-4-6-13(16)15(18)19-2/h11-13H,3-10H2,1-2H3/t11?,12?,13-/m1/s1. The molecule has 0 N–H and O–H groups in total. The van der Waals surface area contributed by atoms with E-state index in [2.05, 4.69) is 0 Å². The minimum Gasteiger partial charge on any atom is -0.467 e. The fourth-order valence-electron chi connectivity index (χ4n) is 3.19. The van der Waals surface area contributed by atoms with Gasteiger partial charge in [-0.25, -0.2) is 4.79 Å². The highest BCUT2D eigenvalue weighted by Gasteiger charge is 2.36. The Balaban J connectivity index is 1.83. The van der Waals surface area contributed by atoms with Crippen LogP contribution >= 0.6 is 0 Å². The summed E-state index contributed by atoms with van der Waals surface area (Å²) in [6.45, 7) is 3.41. The molecule has 2 rings (SSSR count). The third-order valence-corrected chi connectivity index (χ3v) is 4.35. The van der Waals surface area contributed by atoms with E-state index < -0.39 is 0 Å². The van der Waals surface area contributed by atoms with Gasteiger partial charge < -0.3 is 14.4 Å². The van der Waals surface area contributed by atoms with Crippen LogP contribution < -0.4 is 0 Å². The third kappa shape index (κ3) is 3.51. The number of ether oxygens (including phenoxy) is 2. The quantitative estimate of drug-likeness (QED) is 0.721. The van der Waals surface area contributed by atoms with Crippen molar-refractivity contribution in [1.29, 1.82) is 0 Å². The lowest BCUT2D eigenvalue weighted by Gasteiger charge is -2.38. The average molecular weight is 283 g/mol. The molecule has 1 amide bonds. The number of amides is 1. The van der Waals surface area contributed by atoms with E-state index in [-0.39, 0.29) is 17.9 Å². The molecule has 1 saturated heterocycles. The van der Waals surface area contributed by atoms with Crippen LogP contribution in [0.25, 0.3) is 0 Å². The van der Waals surface area contributed by atoms with Crippen molar-refractivity contribution in [2.75, 3.05) is 20.3 Å². The summed E-state index contributed by atoms with van der Waals surface area (Å²) < 4.78 is 10.3. The first-order valence-corrected chi connectivity index (χ1v) is 7.64. The molecular weight excluding hydrogens is 258 g/mol. The summed E-state index contributed by atoms with van der Waals surface area (Å²) in [6.07, 6.45) is 5.50. The maximum absolute atomic E-state index is 12.4. The molecule has 0 unspecified atom stereocenters. The number of hydrogen-bond acceptors (Lipinski definition) is 4. The van der Waals surface area contributed by atoms with Gasteiger partial charge in [-0.15, -0.1) is 0 Å². The van der Waals surface area contributed by atoms with Crippen LogP contribution in [-0.2, 0) is 19.1 Å². The number of hydrogen-bond donors (Lipinski definition) is 0. The van der Waals surface area contributed by atoms with Crippen molar-refractivity contribution in [2.45, 2.75) is 57.6 Å². The van der Waals surface area contributed by atoms with E-state index >= 15 is 0 Å². The van der Waals surface area contributed by atoms with Crippen LogP contribution in [0.4, 0.5) is 0 Å². The Morgan fingerprint density at radius 3 is 2.65 bits per heavy atom. The Morgan fingerprint density at radius 1 is 1.25 bits per heavy atom. The van der Waals surface area contributed by atoms with E-state index in [4.69, 9.17) is 9.47 Å². The van der Waals surface area contributed by atoms with E-state index in [1.807, 2.05) is 6.92 Å². The molecular formula is C15H25NO4. The Labute approximate surface area is 120 Å². The zero-order valence-electron chi connectivity index (χ0n) is 12.5. The first kappa shape index (κ1) is 15.3.